The molecule has 0 spiro atoms. The normalized spacial score (nSPS) is 10.5. The van der Waals surface area contributed by atoms with Crippen LogP contribution >= 0.6 is 22.9 Å². The monoisotopic (exact) mass is 460 g/mol. The predicted octanol–water partition coefficient (Wildman–Crippen LogP) is 5.07. The molecule has 0 aliphatic heterocycles. The lowest BCUT2D eigenvalue weighted by Gasteiger charge is -2.06. The maximum absolute atomic E-state index is 13.1. The third-order valence-electron chi connectivity index (χ3n) is 4.38. The van der Waals surface area contributed by atoms with E-state index in [2.05, 4.69) is 10.6 Å². The first-order valence-corrected chi connectivity index (χ1v) is 10.3. The van der Waals surface area contributed by atoms with E-state index in [9.17, 15) is 18.8 Å². The molecular formula is C22H18ClFN2O4S. The molecule has 160 valence electrons. The highest BCUT2D eigenvalue weighted by molar-refractivity contribution is 7.18. The van der Waals surface area contributed by atoms with Crippen molar-refractivity contribution in [2.75, 3.05) is 17.7 Å². The van der Waals surface area contributed by atoms with Gasteiger partial charge in [-0.25, -0.2) is 9.18 Å². The SMILES string of the molecule is COC(=O)c1c(NC(=O)Cc2ccc(Cl)cc2)sc(C(=O)Nc2ccc(F)cc2)c1C. The summed E-state index contributed by atoms with van der Waals surface area (Å²) in [7, 11) is 1.22. The first kappa shape index (κ1) is 22.5. The minimum Gasteiger partial charge on any atom is -0.465 e. The predicted molar refractivity (Wildman–Crippen MR) is 119 cm³/mol. The number of carbonyl (C=O) groups excluding carboxylic acids is 3. The maximum atomic E-state index is 13.1. The largest absolute Gasteiger partial charge is 0.465 e. The molecule has 1 heterocycles. The Kier molecular flexibility index (Phi) is 7.04. The van der Waals surface area contributed by atoms with Gasteiger partial charge in [0.25, 0.3) is 5.91 Å². The van der Waals surface area contributed by atoms with Crippen LogP contribution in [0.4, 0.5) is 15.1 Å². The number of methoxy groups -OCH3 is 1. The second kappa shape index (κ2) is 9.72. The van der Waals surface area contributed by atoms with E-state index in [1.807, 2.05) is 0 Å². The molecule has 0 aliphatic carbocycles. The Bertz CT molecular complexity index is 1130. The van der Waals surface area contributed by atoms with Crippen molar-refractivity contribution in [3.05, 3.63) is 80.9 Å². The van der Waals surface area contributed by atoms with Gasteiger partial charge in [0.15, 0.2) is 0 Å². The molecule has 2 aromatic carbocycles. The zero-order valence-electron chi connectivity index (χ0n) is 16.6. The smallest absolute Gasteiger partial charge is 0.341 e. The Labute approximate surface area is 187 Å². The van der Waals surface area contributed by atoms with Gasteiger partial charge in [0.1, 0.15) is 10.8 Å². The summed E-state index contributed by atoms with van der Waals surface area (Å²) >= 11 is 6.82. The number of amides is 2. The molecule has 2 N–H and O–H groups in total. The molecule has 31 heavy (non-hydrogen) atoms. The van der Waals surface area contributed by atoms with E-state index in [4.69, 9.17) is 16.3 Å². The molecule has 0 radical (unpaired) electrons. The number of hydrogen-bond donors (Lipinski definition) is 2. The molecule has 3 rings (SSSR count). The Morgan fingerprint density at radius 1 is 1.03 bits per heavy atom. The van der Waals surface area contributed by atoms with Crippen LogP contribution < -0.4 is 10.6 Å². The van der Waals surface area contributed by atoms with Crippen LogP contribution in [-0.2, 0) is 16.0 Å². The number of ether oxygens (including phenoxy) is 1. The first-order valence-electron chi connectivity index (χ1n) is 9.11. The van der Waals surface area contributed by atoms with Crippen LogP contribution in [0.1, 0.15) is 31.2 Å². The van der Waals surface area contributed by atoms with Gasteiger partial charge in [-0.05, 0) is 54.4 Å². The average molecular weight is 461 g/mol. The molecule has 3 aromatic rings. The highest BCUT2D eigenvalue weighted by Gasteiger charge is 2.26. The van der Waals surface area contributed by atoms with Crippen molar-refractivity contribution in [2.45, 2.75) is 13.3 Å². The Morgan fingerprint density at radius 2 is 1.68 bits per heavy atom. The van der Waals surface area contributed by atoms with Crippen molar-refractivity contribution in [3.8, 4) is 0 Å². The quantitative estimate of drug-likeness (QED) is 0.503. The van der Waals surface area contributed by atoms with Gasteiger partial charge in [-0.2, -0.15) is 0 Å². The van der Waals surface area contributed by atoms with Crippen molar-refractivity contribution in [1.29, 1.82) is 0 Å². The Balaban J connectivity index is 1.84. The molecule has 0 unspecified atom stereocenters. The third-order valence-corrected chi connectivity index (χ3v) is 5.83. The number of carbonyl (C=O) groups is 3. The zero-order valence-corrected chi connectivity index (χ0v) is 18.2. The summed E-state index contributed by atoms with van der Waals surface area (Å²) in [6.45, 7) is 1.59. The van der Waals surface area contributed by atoms with Gasteiger partial charge in [0.05, 0.1) is 24.0 Å². The van der Waals surface area contributed by atoms with E-state index in [1.54, 1.807) is 31.2 Å². The highest BCUT2D eigenvalue weighted by atomic mass is 35.5. The van der Waals surface area contributed by atoms with Crippen LogP contribution in [0, 0.1) is 12.7 Å². The zero-order chi connectivity index (χ0) is 22.5. The maximum Gasteiger partial charge on any atom is 0.341 e. The summed E-state index contributed by atoms with van der Waals surface area (Å²) < 4.78 is 17.9. The lowest BCUT2D eigenvalue weighted by molar-refractivity contribution is -0.115. The highest BCUT2D eigenvalue weighted by Crippen LogP contribution is 2.34. The van der Waals surface area contributed by atoms with Crippen molar-refractivity contribution in [1.82, 2.24) is 0 Å². The van der Waals surface area contributed by atoms with Crippen LogP contribution in [0.3, 0.4) is 0 Å². The van der Waals surface area contributed by atoms with Gasteiger partial charge in [-0.3, -0.25) is 9.59 Å². The molecule has 2 amide bonds. The van der Waals surface area contributed by atoms with Gasteiger partial charge >= 0.3 is 5.97 Å². The second-order valence-electron chi connectivity index (χ2n) is 6.56. The fourth-order valence-electron chi connectivity index (χ4n) is 2.85. The lowest BCUT2D eigenvalue weighted by atomic mass is 10.1. The van der Waals surface area contributed by atoms with Crippen molar-refractivity contribution in [3.63, 3.8) is 0 Å². The van der Waals surface area contributed by atoms with Crippen LogP contribution in [0.5, 0.6) is 0 Å². The third kappa shape index (κ3) is 5.48. The number of thiophene rings is 1. The van der Waals surface area contributed by atoms with E-state index in [0.717, 1.165) is 16.9 Å². The van der Waals surface area contributed by atoms with Gasteiger partial charge in [0, 0.05) is 10.7 Å². The fourth-order valence-corrected chi connectivity index (χ4v) is 4.08. The van der Waals surface area contributed by atoms with E-state index in [0.29, 0.717) is 16.3 Å². The summed E-state index contributed by atoms with van der Waals surface area (Å²) in [6.07, 6.45) is 0.0613. The second-order valence-corrected chi connectivity index (χ2v) is 8.02. The van der Waals surface area contributed by atoms with Gasteiger partial charge in [0.2, 0.25) is 5.91 Å². The van der Waals surface area contributed by atoms with Crippen molar-refractivity contribution < 1.29 is 23.5 Å². The van der Waals surface area contributed by atoms with Crippen molar-refractivity contribution in [2.24, 2.45) is 0 Å². The van der Waals surface area contributed by atoms with Gasteiger partial charge < -0.3 is 15.4 Å². The van der Waals surface area contributed by atoms with E-state index >= 15 is 0 Å². The number of esters is 1. The van der Waals surface area contributed by atoms with E-state index in [-0.39, 0.29) is 27.8 Å². The lowest BCUT2D eigenvalue weighted by Crippen LogP contribution is -2.16. The summed E-state index contributed by atoms with van der Waals surface area (Å²) in [5.74, 6) is -1.95. The fraction of sp³-hybridized carbons (Fsp3) is 0.136. The number of nitrogens with one attached hydrogen (secondary N) is 2. The van der Waals surface area contributed by atoms with Crippen LogP contribution in [-0.4, -0.2) is 24.9 Å². The average Bonchev–Trinajstić information content (AvgIpc) is 3.06. The molecule has 0 aliphatic rings. The Hall–Kier alpha value is -3.23. The molecule has 1 aromatic heterocycles. The minimum absolute atomic E-state index is 0.0613. The number of rotatable bonds is 6. The topological polar surface area (TPSA) is 84.5 Å². The summed E-state index contributed by atoms with van der Waals surface area (Å²) in [4.78, 5) is 37.8. The molecule has 0 saturated carbocycles. The molecular weight excluding hydrogens is 443 g/mol. The number of halogens is 2. The van der Waals surface area contributed by atoms with E-state index < -0.39 is 17.7 Å². The molecule has 9 heteroatoms. The first-order chi connectivity index (χ1) is 14.8. The molecule has 0 saturated heterocycles. The summed E-state index contributed by atoms with van der Waals surface area (Å²) in [5.41, 5.74) is 1.62. The van der Waals surface area contributed by atoms with E-state index in [1.165, 1.54) is 31.4 Å². The van der Waals surface area contributed by atoms with Crippen LogP contribution in [0.2, 0.25) is 5.02 Å². The number of hydrogen-bond acceptors (Lipinski definition) is 5. The standard InChI is InChI=1S/C22H18ClFN2O4S/c1-12-18(22(29)30-2)21(26-17(27)11-13-3-5-14(23)6-4-13)31-19(12)20(28)25-16-9-7-15(24)8-10-16/h3-10H,11H2,1-2H3,(H,25,28)(H,26,27). The van der Waals surface area contributed by atoms with Crippen LogP contribution in [0.15, 0.2) is 48.5 Å². The molecule has 0 bridgehead atoms. The van der Waals surface area contributed by atoms with Crippen molar-refractivity contribution >= 4 is 51.4 Å². The molecule has 6 nitrogen and oxygen atoms in total. The van der Waals surface area contributed by atoms with Crippen LogP contribution in [0.25, 0.3) is 0 Å². The minimum atomic E-state index is -0.670. The summed E-state index contributed by atoms with van der Waals surface area (Å²) in [6, 6.07) is 12.1. The molecule has 0 atom stereocenters. The summed E-state index contributed by atoms with van der Waals surface area (Å²) in [5, 5.41) is 6.12. The Morgan fingerprint density at radius 3 is 2.29 bits per heavy atom. The molecule has 0 fully saturated rings. The number of anilines is 2. The van der Waals surface area contributed by atoms with Gasteiger partial charge in [-0.15, -0.1) is 11.3 Å². The number of benzene rings is 2. The van der Waals surface area contributed by atoms with Gasteiger partial charge in [-0.1, -0.05) is 23.7 Å².